The standard InChI is InChI=1S/C24H21F2N3O3/c25-18-11-17(12-19(26)14-18)13-24(32)29(21-9-5-2-6-10-21)16-23(31)27-15-22(30)28-20-7-3-1-4-8-20/h1-12,14H,13,15-16H2,(H,27,31)(H,28,30). The van der Waals surface area contributed by atoms with Crippen LogP contribution in [-0.2, 0) is 20.8 Å². The fourth-order valence-electron chi connectivity index (χ4n) is 3.02. The van der Waals surface area contributed by atoms with Gasteiger partial charge in [-0.1, -0.05) is 36.4 Å². The van der Waals surface area contributed by atoms with E-state index in [4.69, 9.17) is 0 Å². The van der Waals surface area contributed by atoms with Gasteiger partial charge >= 0.3 is 0 Å². The number of carbonyl (C=O) groups excluding carboxylic acids is 3. The molecule has 32 heavy (non-hydrogen) atoms. The van der Waals surface area contributed by atoms with Crippen molar-refractivity contribution in [3.05, 3.63) is 96.1 Å². The third-order valence-corrected chi connectivity index (χ3v) is 4.45. The number of hydrogen-bond acceptors (Lipinski definition) is 3. The van der Waals surface area contributed by atoms with Gasteiger partial charge in [-0.05, 0) is 42.0 Å². The van der Waals surface area contributed by atoms with Gasteiger partial charge in [0.05, 0.1) is 13.0 Å². The number of para-hydroxylation sites is 2. The molecule has 0 fully saturated rings. The van der Waals surface area contributed by atoms with Crippen LogP contribution in [0.4, 0.5) is 20.2 Å². The monoisotopic (exact) mass is 437 g/mol. The van der Waals surface area contributed by atoms with Gasteiger partial charge in [-0.15, -0.1) is 0 Å². The molecule has 0 aliphatic rings. The molecular formula is C24H21F2N3O3. The highest BCUT2D eigenvalue weighted by atomic mass is 19.1. The van der Waals surface area contributed by atoms with Crippen LogP contribution < -0.4 is 15.5 Å². The van der Waals surface area contributed by atoms with Gasteiger partial charge in [0, 0.05) is 17.4 Å². The van der Waals surface area contributed by atoms with Crippen LogP contribution in [-0.4, -0.2) is 30.8 Å². The number of nitrogens with one attached hydrogen (secondary N) is 2. The molecule has 0 aliphatic carbocycles. The minimum Gasteiger partial charge on any atom is -0.345 e. The average molecular weight is 437 g/mol. The Kier molecular flexibility index (Phi) is 7.64. The number of hydrogen-bond donors (Lipinski definition) is 2. The van der Waals surface area contributed by atoms with Crippen LogP contribution in [0.15, 0.2) is 78.9 Å². The highest BCUT2D eigenvalue weighted by molar-refractivity contribution is 6.01. The number of benzene rings is 3. The van der Waals surface area contributed by atoms with Crippen LogP contribution in [0.2, 0.25) is 0 Å². The molecule has 2 N–H and O–H groups in total. The summed E-state index contributed by atoms with van der Waals surface area (Å²) in [7, 11) is 0. The lowest BCUT2D eigenvalue weighted by atomic mass is 10.1. The SMILES string of the molecule is O=C(CN(C(=O)Cc1cc(F)cc(F)c1)c1ccccc1)NCC(=O)Nc1ccccc1. The van der Waals surface area contributed by atoms with E-state index in [0.29, 0.717) is 11.4 Å². The Labute approximate surface area is 183 Å². The number of anilines is 2. The van der Waals surface area contributed by atoms with Gasteiger partial charge in [0.25, 0.3) is 0 Å². The summed E-state index contributed by atoms with van der Waals surface area (Å²) in [6, 6.07) is 20.0. The molecule has 0 atom stereocenters. The topological polar surface area (TPSA) is 78.5 Å². The van der Waals surface area contributed by atoms with Crippen LogP contribution in [0.1, 0.15) is 5.56 Å². The fourth-order valence-corrected chi connectivity index (χ4v) is 3.02. The Balaban J connectivity index is 1.64. The maximum absolute atomic E-state index is 13.5. The van der Waals surface area contributed by atoms with Crippen LogP contribution in [0.3, 0.4) is 0 Å². The molecule has 0 radical (unpaired) electrons. The van der Waals surface area contributed by atoms with Crippen molar-refractivity contribution in [1.29, 1.82) is 0 Å². The molecule has 3 rings (SSSR count). The molecule has 0 aromatic heterocycles. The molecular weight excluding hydrogens is 416 g/mol. The summed E-state index contributed by atoms with van der Waals surface area (Å²) in [6.07, 6.45) is -0.300. The van der Waals surface area contributed by atoms with Crippen molar-refractivity contribution in [3.63, 3.8) is 0 Å². The number of rotatable bonds is 8. The summed E-state index contributed by atoms with van der Waals surface area (Å²) >= 11 is 0. The van der Waals surface area contributed by atoms with Crippen LogP contribution >= 0.6 is 0 Å². The zero-order chi connectivity index (χ0) is 22.9. The zero-order valence-corrected chi connectivity index (χ0v) is 17.1. The molecule has 0 aliphatic heterocycles. The summed E-state index contributed by atoms with van der Waals surface area (Å²) in [6.45, 7) is -0.640. The highest BCUT2D eigenvalue weighted by Gasteiger charge is 2.20. The zero-order valence-electron chi connectivity index (χ0n) is 17.1. The lowest BCUT2D eigenvalue weighted by molar-refractivity contribution is -0.125. The average Bonchev–Trinajstić information content (AvgIpc) is 2.76. The van der Waals surface area contributed by atoms with E-state index < -0.39 is 29.4 Å². The second kappa shape index (κ2) is 10.8. The van der Waals surface area contributed by atoms with E-state index in [2.05, 4.69) is 10.6 Å². The van der Waals surface area contributed by atoms with Crippen LogP contribution in [0.5, 0.6) is 0 Å². The van der Waals surface area contributed by atoms with Crippen molar-refractivity contribution in [2.24, 2.45) is 0 Å². The summed E-state index contributed by atoms with van der Waals surface area (Å²) < 4.78 is 27.0. The first-order valence-corrected chi connectivity index (χ1v) is 9.82. The normalized spacial score (nSPS) is 10.3. The fraction of sp³-hybridized carbons (Fsp3) is 0.125. The third-order valence-electron chi connectivity index (χ3n) is 4.45. The van der Waals surface area contributed by atoms with Crippen molar-refractivity contribution in [2.75, 3.05) is 23.3 Å². The molecule has 164 valence electrons. The second-order valence-corrected chi connectivity index (χ2v) is 6.96. The van der Waals surface area contributed by atoms with E-state index in [0.717, 1.165) is 18.2 Å². The molecule has 0 bridgehead atoms. The van der Waals surface area contributed by atoms with E-state index in [9.17, 15) is 23.2 Å². The van der Waals surface area contributed by atoms with E-state index in [-0.39, 0.29) is 25.1 Å². The van der Waals surface area contributed by atoms with E-state index in [1.807, 2.05) is 6.07 Å². The highest BCUT2D eigenvalue weighted by Crippen LogP contribution is 2.16. The van der Waals surface area contributed by atoms with Crippen molar-refractivity contribution in [3.8, 4) is 0 Å². The molecule has 3 aromatic rings. The predicted octanol–water partition coefficient (Wildman–Crippen LogP) is 3.30. The lowest BCUT2D eigenvalue weighted by Gasteiger charge is -2.22. The maximum atomic E-state index is 13.5. The minimum absolute atomic E-state index is 0.149. The van der Waals surface area contributed by atoms with E-state index in [1.165, 1.54) is 4.90 Å². The Morgan fingerprint density at radius 1 is 0.781 bits per heavy atom. The first-order chi connectivity index (χ1) is 15.4. The molecule has 8 heteroatoms. The Morgan fingerprint density at radius 2 is 1.38 bits per heavy atom. The quantitative estimate of drug-likeness (QED) is 0.568. The summed E-state index contributed by atoms with van der Waals surface area (Å²) in [4.78, 5) is 38.6. The third kappa shape index (κ3) is 6.73. The van der Waals surface area contributed by atoms with Crippen LogP contribution in [0, 0.1) is 11.6 Å². The van der Waals surface area contributed by atoms with Gasteiger partial charge < -0.3 is 15.5 Å². The largest absolute Gasteiger partial charge is 0.345 e. The Hall–Kier alpha value is -4.07. The van der Waals surface area contributed by atoms with Gasteiger partial charge in [-0.2, -0.15) is 0 Å². The van der Waals surface area contributed by atoms with Gasteiger partial charge in [0.2, 0.25) is 17.7 Å². The van der Waals surface area contributed by atoms with Gasteiger partial charge in [-0.3, -0.25) is 14.4 Å². The first-order valence-electron chi connectivity index (χ1n) is 9.82. The first kappa shape index (κ1) is 22.6. The minimum atomic E-state index is -0.791. The molecule has 0 unspecified atom stereocenters. The Bertz CT molecular complexity index is 1070. The van der Waals surface area contributed by atoms with E-state index >= 15 is 0 Å². The molecule has 6 nitrogen and oxygen atoms in total. The number of carbonyl (C=O) groups is 3. The molecule has 3 aromatic carbocycles. The smallest absolute Gasteiger partial charge is 0.243 e. The summed E-state index contributed by atoms with van der Waals surface area (Å²) in [5.41, 5.74) is 1.18. The van der Waals surface area contributed by atoms with Crippen molar-refractivity contribution in [1.82, 2.24) is 5.32 Å². The lowest BCUT2D eigenvalue weighted by Crippen LogP contribution is -2.43. The van der Waals surface area contributed by atoms with Crippen molar-refractivity contribution < 1.29 is 23.2 Å². The van der Waals surface area contributed by atoms with Crippen LogP contribution in [0.25, 0.3) is 0 Å². The predicted molar refractivity (Wildman–Crippen MR) is 117 cm³/mol. The molecule has 0 heterocycles. The van der Waals surface area contributed by atoms with E-state index in [1.54, 1.807) is 54.6 Å². The maximum Gasteiger partial charge on any atom is 0.243 e. The molecule has 0 saturated heterocycles. The Morgan fingerprint density at radius 3 is 2.00 bits per heavy atom. The van der Waals surface area contributed by atoms with Crippen molar-refractivity contribution in [2.45, 2.75) is 6.42 Å². The molecule has 0 saturated carbocycles. The number of amides is 3. The molecule has 0 spiro atoms. The number of halogens is 2. The van der Waals surface area contributed by atoms with Gasteiger partial charge in [-0.25, -0.2) is 8.78 Å². The van der Waals surface area contributed by atoms with Crippen molar-refractivity contribution >= 4 is 29.1 Å². The molecule has 3 amide bonds. The summed E-state index contributed by atoms with van der Waals surface area (Å²) in [5, 5.41) is 5.12. The van der Waals surface area contributed by atoms with Gasteiger partial charge in [0.1, 0.15) is 18.2 Å². The van der Waals surface area contributed by atoms with Gasteiger partial charge in [0.15, 0.2) is 0 Å². The summed E-state index contributed by atoms with van der Waals surface area (Å²) in [5.74, 6) is -3.08. The number of nitrogens with zero attached hydrogens (tertiary/aromatic N) is 1. The second-order valence-electron chi connectivity index (χ2n) is 6.96.